The summed E-state index contributed by atoms with van der Waals surface area (Å²) in [4.78, 5) is 0.505. The van der Waals surface area contributed by atoms with E-state index in [2.05, 4.69) is 5.32 Å². The molecule has 1 aliphatic rings. The predicted molar refractivity (Wildman–Crippen MR) is 55.1 cm³/mol. The summed E-state index contributed by atoms with van der Waals surface area (Å²) in [5.41, 5.74) is -0.107. The minimum Gasteiger partial charge on any atom is -0.374 e. The number of hydrogen-bond acceptors (Lipinski definition) is 3. The van der Waals surface area contributed by atoms with Gasteiger partial charge in [-0.25, -0.2) is 4.90 Å². The Morgan fingerprint density at radius 1 is 1.31 bits per heavy atom. The molecule has 0 bridgehead atoms. The summed E-state index contributed by atoms with van der Waals surface area (Å²) in [5.74, 6) is 0. The molecule has 1 rings (SSSR count). The summed E-state index contributed by atoms with van der Waals surface area (Å²) in [6.07, 6.45) is -4.64. The van der Waals surface area contributed by atoms with Crippen LogP contribution in [0, 0.1) is 0 Å². The Labute approximate surface area is 93.9 Å². The summed E-state index contributed by atoms with van der Waals surface area (Å²) in [6, 6.07) is 0. The van der Waals surface area contributed by atoms with Crippen LogP contribution in [0.2, 0.25) is 0 Å². The van der Waals surface area contributed by atoms with Gasteiger partial charge in [-0.1, -0.05) is 0 Å². The molecule has 96 valence electrons. The van der Waals surface area contributed by atoms with Gasteiger partial charge in [0, 0.05) is 25.2 Å². The van der Waals surface area contributed by atoms with E-state index in [9.17, 15) is 13.2 Å². The summed E-state index contributed by atoms with van der Waals surface area (Å²) < 4.78 is 42.6. The molecule has 1 atom stereocenters. The molecule has 0 amide bonds. The largest absolute Gasteiger partial charge is 0.460 e. The molecule has 0 saturated carbocycles. The zero-order valence-electron chi connectivity index (χ0n) is 9.90. The monoisotopic (exact) mass is 240 g/mol. The molecule has 16 heavy (non-hydrogen) atoms. The van der Waals surface area contributed by atoms with Gasteiger partial charge in [-0.3, -0.25) is 0 Å². The van der Waals surface area contributed by atoms with Crippen molar-refractivity contribution in [3.63, 3.8) is 0 Å². The zero-order chi connectivity index (χ0) is 12.4. The standard InChI is InChI=1S/C10H19F3N2O/c1-9(2,3)14-6-8-7-15(4-5-16-8)10(11,12)13/h8,14H,4-7H2,1-3H3. The van der Waals surface area contributed by atoms with Crippen molar-refractivity contribution in [2.75, 3.05) is 26.2 Å². The number of rotatable bonds is 2. The predicted octanol–water partition coefficient (Wildman–Crippen LogP) is 1.60. The first-order valence-electron chi connectivity index (χ1n) is 5.37. The van der Waals surface area contributed by atoms with E-state index in [1.807, 2.05) is 20.8 Å². The van der Waals surface area contributed by atoms with Crippen LogP contribution in [0.25, 0.3) is 0 Å². The van der Waals surface area contributed by atoms with Gasteiger partial charge >= 0.3 is 6.30 Å². The highest BCUT2D eigenvalue weighted by molar-refractivity contribution is 4.78. The number of halogens is 3. The van der Waals surface area contributed by atoms with Gasteiger partial charge in [0.25, 0.3) is 0 Å². The molecule has 0 radical (unpaired) electrons. The molecule has 0 spiro atoms. The Bertz CT molecular complexity index is 225. The van der Waals surface area contributed by atoms with E-state index in [0.29, 0.717) is 11.4 Å². The SMILES string of the molecule is CC(C)(C)NCC1CN(C(F)(F)F)CCO1. The smallest absolute Gasteiger partial charge is 0.374 e. The molecule has 0 aromatic heterocycles. The van der Waals surface area contributed by atoms with Crippen LogP contribution in [-0.2, 0) is 4.74 Å². The van der Waals surface area contributed by atoms with E-state index >= 15 is 0 Å². The third-order valence-electron chi connectivity index (χ3n) is 2.36. The number of hydrogen-bond donors (Lipinski definition) is 1. The van der Waals surface area contributed by atoms with E-state index < -0.39 is 12.4 Å². The Morgan fingerprint density at radius 3 is 2.44 bits per heavy atom. The molecular formula is C10H19F3N2O. The van der Waals surface area contributed by atoms with Crippen molar-refractivity contribution >= 4 is 0 Å². The maximum atomic E-state index is 12.4. The normalized spacial score (nSPS) is 24.8. The molecule has 0 aliphatic carbocycles. The number of alkyl halides is 3. The zero-order valence-corrected chi connectivity index (χ0v) is 9.90. The van der Waals surface area contributed by atoms with E-state index in [1.165, 1.54) is 0 Å². The first-order chi connectivity index (χ1) is 7.18. The second-order valence-corrected chi connectivity index (χ2v) is 5.04. The molecule has 0 aromatic carbocycles. The maximum absolute atomic E-state index is 12.4. The van der Waals surface area contributed by atoms with Gasteiger partial charge in [0.15, 0.2) is 0 Å². The lowest BCUT2D eigenvalue weighted by molar-refractivity contribution is -0.266. The van der Waals surface area contributed by atoms with Crippen LogP contribution in [0.15, 0.2) is 0 Å². The fraction of sp³-hybridized carbons (Fsp3) is 1.00. The Kier molecular flexibility index (Phi) is 4.20. The molecule has 1 heterocycles. The molecule has 1 N–H and O–H groups in total. The van der Waals surface area contributed by atoms with Crippen molar-refractivity contribution in [1.29, 1.82) is 0 Å². The van der Waals surface area contributed by atoms with E-state index in [1.54, 1.807) is 0 Å². The van der Waals surface area contributed by atoms with Crippen LogP contribution >= 0.6 is 0 Å². The molecule has 1 unspecified atom stereocenters. The summed E-state index contributed by atoms with van der Waals surface area (Å²) in [5, 5.41) is 3.14. The van der Waals surface area contributed by atoms with Gasteiger partial charge in [-0.05, 0) is 20.8 Å². The Hall–Kier alpha value is -0.330. The van der Waals surface area contributed by atoms with Crippen molar-refractivity contribution in [1.82, 2.24) is 10.2 Å². The van der Waals surface area contributed by atoms with Crippen molar-refractivity contribution in [3.8, 4) is 0 Å². The Balaban J connectivity index is 2.39. The van der Waals surface area contributed by atoms with Crippen molar-refractivity contribution in [2.24, 2.45) is 0 Å². The summed E-state index contributed by atoms with van der Waals surface area (Å²) >= 11 is 0. The highest BCUT2D eigenvalue weighted by atomic mass is 19.4. The van der Waals surface area contributed by atoms with Gasteiger partial charge in [-0.2, -0.15) is 13.2 Å². The maximum Gasteiger partial charge on any atom is 0.460 e. The second-order valence-electron chi connectivity index (χ2n) is 5.04. The van der Waals surface area contributed by atoms with Crippen LogP contribution in [0.4, 0.5) is 13.2 Å². The van der Waals surface area contributed by atoms with Crippen LogP contribution in [0.5, 0.6) is 0 Å². The lowest BCUT2D eigenvalue weighted by Crippen LogP contribution is -2.53. The highest BCUT2D eigenvalue weighted by Crippen LogP contribution is 2.23. The Morgan fingerprint density at radius 2 is 1.94 bits per heavy atom. The quantitative estimate of drug-likeness (QED) is 0.742. The average Bonchev–Trinajstić information content (AvgIpc) is 2.13. The summed E-state index contributed by atoms with van der Waals surface area (Å²) in [7, 11) is 0. The topological polar surface area (TPSA) is 24.5 Å². The van der Waals surface area contributed by atoms with Crippen molar-refractivity contribution in [3.05, 3.63) is 0 Å². The average molecular weight is 240 g/mol. The van der Waals surface area contributed by atoms with E-state index in [0.717, 1.165) is 0 Å². The second kappa shape index (κ2) is 4.89. The minimum atomic E-state index is -4.25. The first-order valence-corrected chi connectivity index (χ1v) is 5.37. The third-order valence-corrected chi connectivity index (χ3v) is 2.36. The molecule has 0 aromatic rings. The van der Waals surface area contributed by atoms with Gasteiger partial charge in [0.1, 0.15) is 0 Å². The number of ether oxygens (including phenoxy) is 1. The minimum absolute atomic E-state index is 0.0739. The molecule has 1 saturated heterocycles. The lowest BCUT2D eigenvalue weighted by Gasteiger charge is -2.35. The van der Waals surface area contributed by atoms with E-state index in [-0.39, 0.29) is 25.2 Å². The van der Waals surface area contributed by atoms with Crippen LogP contribution in [0.3, 0.4) is 0 Å². The molecule has 1 aliphatic heterocycles. The molecule has 3 nitrogen and oxygen atoms in total. The third kappa shape index (κ3) is 4.67. The van der Waals surface area contributed by atoms with E-state index in [4.69, 9.17) is 4.74 Å². The van der Waals surface area contributed by atoms with Gasteiger partial charge in [0.2, 0.25) is 0 Å². The highest BCUT2D eigenvalue weighted by Gasteiger charge is 2.40. The summed E-state index contributed by atoms with van der Waals surface area (Å²) in [6.45, 7) is 6.32. The fourth-order valence-corrected chi connectivity index (χ4v) is 1.49. The fourth-order valence-electron chi connectivity index (χ4n) is 1.49. The number of nitrogens with zero attached hydrogens (tertiary/aromatic N) is 1. The van der Waals surface area contributed by atoms with Gasteiger partial charge in [0.05, 0.1) is 12.7 Å². The molecule has 1 fully saturated rings. The first kappa shape index (κ1) is 13.7. The number of morpholine rings is 1. The van der Waals surface area contributed by atoms with Crippen LogP contribution in [-0.4, -0.2) is 49.1 Å². The lowest BCUT2D eigenvalue weighted by atomic mass is 10.1. The van der Waals surface area contributed by atoms with Crippen molar-refractivity contribution in [2.45, 2.75) is 38.7 Å². The van der Waals surface area contributed by atoms with Crippen molar-refractivity contribution < 1.29 is 17.9 Å². The van der Waals surface area contributed by atoms with Crippen LogP contribution < -0.4 is 5.32 Å². The van der Waals surface area contributed by atoms with Gasteiger partial charge < -0.3 is 10.1 Å². The van der Waals surface area contributed by atoms with Gasteiger partial charge in [-0.15, -0.1) is 0 Å². The van der Waals surface area contributed by atoms with Crippen LogP contribution in [0.1, 0.15) is 20.8 Å². The molecular weight excluding hydrogens is 221 g/mol. The number of nitrogens with one attached hydrogen (secondary N) is 1. The molecule has 6 heteroatoms.